The third kappa shape index (κ3) is 4.40. The van der Waals surface area contributed by atoms with Gasteiger partial charge in [0.25, 0.3) is 5.56 Å². The Bertz CT molecular complexity index is 983. The molecular formula is C23H28N4O3. The molecule has 0 unspecified atom stereocenters. The van der Waals surface area contributed by atoms with Gasteiger partial charge in [-0.25, -0.2) is 4.79 Å². The van der Waals surface area contributed by atoms with Crippen molar-refractivity contribution in [1.29, 1.82) is 0 Å². The molecule has 1 aromatic carbocycles. The zero-order valence-corrected chi connectivity index (χ0v) is 17.3. The number of amides is 3. The first kappa shape index (κ1) is 20.2. The number of rotatable bonds is 5. The van der Waals surface area contributed by atoms with Gasteiger partial charge in [-0.3, -0.25) is 9.59 Å². The summed E-state index contributed by atoms with van der Waals surface area (Å²) in [7, 11) is 0. The number of pyridine rings is 1. The number of hydrogen-bond donors (Lipinski definition) is 2. The van der Waals surface area contributed by atoms with Gasteiger partial charge in [-0.15, -0.1) is 0 Å². The fraction of sp³-hybridized carbons (Fsp3) is 0.435. The maximum Gasteiger partial charge on any atom is 0.317 e. The van der Waals surface area contributed by atoms with Crippen molar-refractivity contribution < 1.29 is 9.59 Å². The Balaban J connectivity index is 1.27. The van der Waals surface area contributed by atoms with Crippen LogP contribution in [0.2, 0.25) is 0 Å². The monoisotopic (exact) mass is 408 g/mol. The van der Waals surface area contributed by atoms with Gasteiger partial charge in [-0.1, -0.05) is 25.1 Å². The fourth-order valence-electron chi connectivity index (χ4n) is 4.50. The summed E-state index contributed by atoms with van der Waals surface area (Å²) in [4.78, 5) is 38.7. The molecule has 0 aliphatic carbocycles. The molecule has 2 aliphatic heterocycles. The standard InChI is InChI=1S/C23H28N4O3/c1-2-16-6-8-19(9-7-16)25-21(28)10-11-24-23(30)26-13-17-12-18(15-26)20-4-3-5-22(29)27(20)14-17/h3-9,17-18H,2,10-15H2,1H3,(H,24,30)(H,25,28)/t17-,18-/m0/s1. The lowest BCUT2D eigenvalue weighted by Gasteiger charge is -2.42. The highest BCUT2D eigenvalue weighted by Crippen LogP contribution is 2.34. The molecule has 158 valence electrons. The van der Waals surface area contributed by atoms with Gasteiger partial charge in [0.15, 0.2) is 0 Å². The first-order valence-corrected chi connectivity index (χ1v) is 10.6. The molecule has 2 N–H and O–H groups in total. The number of carbonyl (C=O) groups excluding carboxylic acids is 2. The normalized spacial score (nSPS) is 19.7. The number of hydrogen-bond acceptors (Lipinski definition) is 3. The number of anilines is 1. The predicted molar refractivity (Wildman–Crippen MR) is 116 cm³/mol. The second-order valence-corrected chi connectivity index (χ2v) is 8.18. The lowest BCUT2D eigenvalue weighted by Crippen LogP contribution is -2.52. The van der Waals surface area contributed by atoms with E-state index < -0.39 is 0 Å². The topological polar surface area (TPSA) is 83.4 Å². The SMILES string of the molecule is CCc1ccc(NC(=O)CCNC(=O)N2C[C@@H]3C[C@@H](C2)c2cccc(=O)n2C3)cc1. The second-order valence-electron chi connectivity index (χ2n) is 8.18. The van der Waals surface area contributed by atoms with E-state index in [4.69, 9.17) is 0 Å². The highest BCUT2D eigenvalue weighted by atomic mass is 16.2. The molecular weight excluding hydrogens is 380 g/mol. The molecule has 30 heavy (non-hydrogen) atoms. The third-order valence-electron chi connectivity index (χ3n) is 6.04. The van der Waals surface area contributed by atoms with E-state index in [1.807, 2.05) is 39.8 Å². The average molecular weight is 409 g/mol. The van der Waals surface area contributed by atoms with E-state index in [0.717, 1.165) is 24.2 Å². The van der Waals surface area contributed by atoms with Crippen LogP contribution in [0.1, 0.15) is 36.9 Å². The van der Waals surface area contributed by atoms with E-state index in [9.17, 15) is 14.4 Å². The molecule has 7 heteroatoms. The molecule has 4 rings (SSSR count). The Morgan fingerprint density at radius 1 is 1.07 bits per heavy atom. The van der Waals surface area contributed by atoms with E-state index in [0.29, 0.717) is 26.2 Å². The molecule has 3 amide bonds. The fourth-order valence-corrected chi connectivity index (χ4v) is 4.50. The molecule has 1 saturated heterocycles. The molecule has 2 bridgehead atoms. The van der Waals surface area contributed by atoms with Crippen molar-refractivity contribution in [2.24, 2.45) is 5.92 Å². The second kappa shape index (κ2) is 8.73. The first-order valence-electron chi connectivity index (χ1n) is 10.6. The van der Waals surface area contributed by atoms with Crippen molar-refractivity contribution >= 4 is 17.6 Å². The third-order valence-corrected chi connectivity index (χ3v) is 6.04. The number of benzene rings is 1. The summed E-state index contributed by atoms with van der Waals surface area (Å²) >= 11 is 0. The summed E-state index contributed by atoms with van der Waals surface area (Å²) in [5.74, 6) is 0.353. The van der Waals surface area contributed by atoms with Gasteiger partial charge in [-0.05, 0) is 42.5 Å². The summed E-state index contributed by atoms with van der Waals surface area (Å²) in [5, 5.41) is 5.73. The molecule has 3 heterocycles. The molecule has 2 atom stereocenters. The van der Waals surface area contributed by atoms with Crippen molar-refractivity contribution in [3.8, 4) is 0 Å². The molecule has 1 aromatic heterocycles. The van der Waals surface area contributed by atoms with Gasteiger partial charge >= 0.3 is 6.03 Å². The van der Waals surface area contributed by atoms with E-state index in [1.165, 1.54) is 5.56 Å². The molecule has 1 fully saturated rings. The van der Waals surface area contributed by atoms with E-state index in [1.54, 1.807) is 12.1 Å². The van der Waals surface area contributed by atoms with E-state index in [-0.39, 0.29) is 35.8 Å². The molecule has 7 nitrogen and oxygen atoms in total. The minimum absolute atomic E-state index is 0.0375. The largest absolute Gasteiger partial charge is 0.337 e. The van der Waals surface area contributed by atoms with Gasteiger partial charge in [-0.2, -0.15) is 0 Å². The maximum absolute atomic E-state index is 12.6. The number of carbonyl (C=O) groups is 2. The first-order chi connectivity index (χ1) is 14.5. The molecule has 0 saturated carbocycles. The van der Waals surface area contributed by atoms with Crippen LogP contribution >= 0.6 is 0 Å². The van der Waals surface area contributed by atoms with Gasteiger partial charge in [0, 0.05) is 56.0 Å². The number of aromatic nitrogens is 1. The Hall–Kier alpha value is -3.09. The molecule has 2 aromatic rings. The van der Waals surface area contributed by atoms with Crippen molar-refractivity contribution in [2.45, 2.75) is 38.6 Å². The smallest absolute Gasteiger partial charge is 0.317 e. The maximum atomic E-state index is 12.6. The van der Waals surface area contributed by atoms with Crippen LogP contribution in [0.25, 0.3) is 0 Å². The van der Waals surface area contributed by atoms with Gasteiger partial charge in [0.1, 0.15) is 0 Å². The number of urea groups is 1. The van der Waals surface area contributed by atoms with Gasteiger partial charge in [0.05, 0.1) is 0 Å². The number of likely N-dealkylation sites (tertiary alicyclic amines) is 1. The minimum Gasteiger partial charge on any atom is -0.337 e. The molecule has 2 aliphatic rings. The zero-order valence-electron chi connectivity index (χ0n) is 17.3. The Morgan fingerprint density at radius 3 is 2.63 bits per heavy atom. The minimum atomic E-state index is -0.142. The summed E-state index contributed by atoms with van der Waals surface area (Å²) in [6.45, 7) is 4.28. The van der Waals surface area contributed by atoms with Crippen LogP contribution in [0.4, 0.5) is 10.5 Å². The molecule has 0 spiro atoms. The lowest BCUT2D eigenvalue weighted by molar-refractivity contribution is -0.116. The Morgan fingerprint density at radius 2 is 1.87 bits per heavy atom. The number of nitrogens with zero attached hydrogens (tertiary/aromatic N) is 2. The Labute approximate surface area is 176 Å². The van der Waals surface area contributed by atoms with Crippen LogP contribution in [0.5, 0.6) is 0 Å². The summed E-state index contributed by atoms with van der Waals surface area (Å²) in [6, 6.07) is 13.0. The average Bonchev–Trinajstić information content (AvgIpc) is 2.75. The van der Waals surface area contributed by atoms with Crippen molar-refractivity contribution in [3.63, 3.8) is 0 Å². The van der Waals surface area contributed by atoms with Gasteiger partial charge < -0.3 is 20.1 Å². The quantitative estimate of drug-likeness (QED) is 0.798. The lowest BCUT2D eigenvalue weighted by atomic mass is 9.83. The summed E-state index contributed by atoms with van der Waals surface area (Å²) < 4.78 is 1.85. The summed E-state index contributed by atoms with van der Waals surface area (Å²) in [6.07, 6.45) is 2.19. The number of piperidine rings is 1. The Kier molecular flexibility index (Phi) is 5.88. The van der Waals surface area contributed by atoms with Crippen LogP contribution in [-0.4, -0.2) is 41.0 Å². The van der Waals surface area contributed by atoms with Crippen LogP contribution in [0.15, 0.2) is 47.3 Å². The highest BCUT2D eigenvalue weighted by molar-refractivity contribution is 5.91. The number of nitrogens with one attached hydrogen (secondary N) is 2. The van der Waals surface area contributed by atoms with Crippen LogP contribution in [0.3, 0.4) is 0 Å². The van der Waals surface area contributed by atoms with Crippen LogP contribution in [-0.2, 0) is 17.8 Å². The summed E-state index contributed by atoms with van der Waals surface area (Å²) in [5.41, 5.74) is 3.04. The van der Waals surface area contributed by atoms with E-state index in [2.05, 4.69) is 17.6 Å². The number of fused-ring (bicyclic) bond motifs is 4. The van der Waals surface area contributed by atoms with Crippen molar-refractivity contribution in [3.05, 3.63) is 64.1 Å². The van der Waals surface area contributed by atoms with Crippen molar-refractivity contribution in [1.82, 2.24) is 14.8 Å². The van der Waals surface area contributed by atoms with Gasteiger partial charge in [0.2, 0.25) is 5.91 Å². The van der Waals surface area contributed by atoms with Crippen LogP contribution < -0.4 is 16.2 Å². The highest BCUT2D eigenvalue weighted by Gasteiger charge is 2.36. The number of aryl methyl sites for hydroxylation is 1. The van der Waals surface area contributed by atoms with Crippen LogP contribution in [0, 0.1) is 5.92 Å². The van der Waals surface area contributed by atoms with E-state index >= 15 is 0 Å². The zero-order chi connectivity index (χ0) is 21.1. The van der Waals surface area contributed by atoms with Crippen molar-refractivity contribution in [2.75, 3.05) is 25.0 Å². The molecule has 0 radical (unpaired) electrons. The predicted octanol–water partition coefficient (Wildman–Crippen LogP) is 2.57.